The molecule has 0 radical (unpaired) electrons. The fourth-order valence-electron chi connectivity index (χ4n) is 3.33. The van der Waals surface area contributed by atoms with Crippen LogP contribution in [0.25, 0.3) is 0 Å². The van der Waals surface area contributed by atoms with Gasteiger partial charge in [0.05, 0.1) is 10.6 Å². The normalized spacial score (nSPS) is 18.0. The zero-order chi connectivity index (χ0) is 18.0. The molecule has 0 bridgehead atoms. The maximum Gasteiger partial charge on any atom is 0.234 e. The fourth-order valence-corrected chi connectivity index (χ4v) is 4.98. The summed E-state index contributed by atoms with van der Waals surface area (Å²) in [5, 5.41) is 5.92. The number of thiophene rings is 1. The Balaban J connectivity index is 1.45. The Hall–Kier alpha value is -1.92. The summed E-state index contributed by atoms with van der Waals surface area (Å²) in [6, 6.07) is 12.0. The first-order valence-corrected chi connectivity index (χ1v) is 10.7. The van der Waals surface area contributed by atoms with Crippen LogP contribution in [0.2, 0.25) is 0 Å². The van der Waals surface area contributed by atoms with Crippen molar-refractivity contribution < 1.29 is 4.79 Å². The third kappa shape index (κ3) is 3.76. The second-order valence-electron chi connectivity index (χ2n) is 6.75. The van der Waals surface area contributed by atoms with Crippen LogP contribution in [0.1, 0.15) is 36.1 Å². The highest BCUT2D eigenvalue weighted by Crippen LogP contribution is 2.40. The minimum Gasteiger partial charge on any atom is -0.325 e. The van der Waals surface area contributed by atoms with Gasteiger partial charge in [0.2, 0.25) is 5.91 Å². The zero-order valence-corrected chi connectivity index (χ0v) is 16.3. The molecule has 1 aromatic carbocycles. The van der Waals surface area contributed by atoms with Crippen molar-refractivity contribution in [2.45, 2.75) is 38.3 Å². The molecule has 0 saturated heterocycles. The average molecular weight is 384 g/mol. The first-order chi connectivity index (χ1) is 12.6. The molecule has 0 unspecified atom stereocenters. The number of benzene rings is 1. The summed E-state index contributed by atoms with van der Waals surface area (Å²) in [6.07, 6.45) is 4.39. The van der Waals surface area contributed by atoms with Gasteiger partial charge in [0.1, 0.15) is 10.8 Å². The van der Waals surface area contributed by atoms with Crippen molar-refractivity contribution in [2.75, 3.05) is 11.1 Å². The van der Waals surface area contributed by atoms with Crippen molar-refractivity contribution in [1.82, 2.24) is 0 Å². The van der Waals surface area contributed by atoms with Crippen molar-refractivity contribution >= 4 is 45.4 Å². The number of rotatable bonds is 4. The third-order valence-electron chi connectivity index (χ3n) is 4.67. The number of carbonyl (C=O) groups is 1. The predicted octanol–water partition coefficient (Wildman–Crippen LogP) is 4.90. The van der Waals surface area contributed by atoms with E-state index in [2.05, 4.69) is 16.8 Å². The number of hydrogen-bond acceptors (Lipinski definition) is 5. The standard InChI is InChI=1S/C20H21N3OS2/c1-14-6-8-15(9-7-14)21-17(24)13-26-19-18(16-5-4-12-25-16)22-20(23-19)10-2-3-11-20/h4-9,12H,2-3,10-11,13H2,1H3,(H,21,24). The second-order valence-corrected chi connectivity index (χ2v) is 8.66. The van der Waals surface area contributed by atoms with Crippen LogP contribution in [-0.2, 0) is 4.79 Å². The van der Waals surface area contributed by atoms with E-state index in [0.29, 0.717) is 5.75 Å². The molecule has 2 aliphatic rings. The molecular weight excluding hydrogens is 362 g/mol. The second kappa shape index (κ2) is 7.37. The van der Waals surface area contributed by atoms with Crippen molar-refractivity contribution in [3.05, 3.63) is 52.2 Å². The molecular formula is C20H21N3OS2. The molecule has 1 fully saturated rings. The monoisotopic (exact) mass is 383 g/mol. The summed E-state index contributed by atoms with van der Waals surface area (Å²) < 4.78 is 0. The maximum atomic E-state index is 12.3. The number of aliphatic imine (C=N–C) groups is 2. The lowest BCUT2D eigenvalue weighted by atomic mass is 10.1. The van der Waals surface area contributed by atoms with Gasteiger partial charge in [-0.1, -0.05) is 35.5 Å². The van der Waals surface area contributed by atoms with Gasteiger partial charge in [-0.25, -0.2) is 4.99 Å². The molecule has 26 heavy (non-hydrogen) atoms. The Morgan fingerprint density at radius 2 is 1.96 bits per heavy atom. The van der Waals surface area contributed by atoms with Crippen molar-refractivity contribution in [3.8, 4) is 0 Å². The van der Waals surface area contributed by atoms with Crippen LogP contribution in [0.15, 0.2) is 51.8 Å². The van der Waals surface area contributed by atoms with E-state index >= 15 is 0 Å². The van der Waals surface area contributed by atoms with Gasteiger partial charge in [-0.3, -0.25) is 9.79 Å². The van der Waals surface area contributed by atoms with Crippen molar-refractivity contribution in [1.29, 1.82) is 0 Å². The minimum atomic E-state index is -0.269. The Morgan fingerprint density at radius 3 is 2.65 bits per heavy atom. The molecule has 6 heteroatoms. The molecule has 1 spiro atoms. The number of nitrogens with zero attached hydrogens (tertiary/aromatic N) is 2. The lowest BCUT2D eigenvalue weighted by Crippen LogP contribution is -2.17. The number of aryl methyl sites for hydroxylation is 1. The van der Waals surface area contributed by atoms with Gasteiger partial charge in [0.25, 0.3) is 0 Å². The van der Waals surface area contributed by atoms with Crippen LogP contribution in [0.5, 0.6) is 0 Å². The Labute approximate surface area is 161 Å². The molecule has 1 amide bonds. The van der Waals surface area contributed by atoms with Gasteiger partial charge in [0.15, 0.2) is 5.66 Å². The highest BCUT2D eigenvalue weighted by Gasteiger charge is 2.39. The number of thioether (sulfide) groups is 1. The topological polar surface area (TPSA) is 53.8 Å². The highest BCUT2D eigenvalue weighted by atomic mass is 32.2. The van der Waals surface area contributed by atoms with Crippen LogP contribution in [0, 0.1) is 6.92 Å². The van der Waals surface area contributed by atoms with Crippen molar-refractivity contribution in [2.24, 2.45) is 9.98 Å². The number of anilines is 1. The van der Waals surface area contributed by atoms with E-state index in [4.69, 9.17) is 9.98 Å². The number of amides is 1. The molecule has 1 aromatic heterocycles. The van der Waals surface area contributed by atoms with E-state index < -0.39 is 0 Å². The summed E-state index contributed by atoms with van der Waals surface area (Å²) >= 11 is 3.17. The first-order valence-electron chi connectivity index (χ1n) is 8.87. The van der Waals surface area contributed by atoms with Crippen LogP contribution >= 0.6 is 23.1 Å². The summed E-state index contributed by atoms with van der Waals surface area (Å²) in [5.41, 5.74) is 2.70. The Morgan fingerprint density at radius 1 is 1.19 bits per heavy atom. The molecule has 4 rings (SSSR count). The third-order valence-corrected chi connectivity index (χ3v) is 6.51. The smallest absolute Gasteiger partial charge is 0.234 e. The molecule has 1 N–H and O–H groups in total. The Kier molecular flexibility index (Phi) is 4.96. The van der Waals surface area contributed by atoms with Gasteiger partial charge < -0.3 is 5.32 Å². The predicted molar refractivity (Wildman–Crippen MR) is 112 cm³/mol. The fraction of sp³-hybridized carbons (Fsp3) is 0.350. The Bertz CT molecular complexity index is 848. The van der Waals surface area contributed by atoms with Gasteiger partial charge in [-0.15, -0.1) is 11.3 Å². The van der Waals surface area contributed by atoms with E-state index in [9.17, 15) is 4.79 Å². The summed E-state index contributed by atoms with van der Waals surface area (Å²) in [4.78, 5) is 23.4. The largest absolute Gasteiger partial charge is 0.325 e. The average Bonchev–Trinajstić information content (AvgIpc) is 3.37. The number of carbonyl (C=O) groups excluding carboxylic acids is 1. The van der Waals surface area contributed by atoms with E-state index in [1.807, 2.05) is 37.3 Å². The van der Waals surface area contributed by atoms with Gasteiger partial charge in [-0.2, -0.15) is 0 Å². The van der Waals surface area contributed by atoms with E-state index in [0.717, 1.165) is 34.2 Å². The molecule has 1 aliphatic heterocycles. The van der Waals surface area contributed by atoms with Gasteiger partial charge in [-0.05, 0) is 56.2 Å². The minimum absolute atomic E-state index is 0.0144. The van der Waals surface area contributed by atoms with E-state index in [1.54, 1.807) is 11.3 Å². The van der Waals surface area contributed by atoms with Crippen LogP contribution in [0.4, 0.5) is 5.69 Å². The molecule has 4 nitrogen and oxygen atoms in total. The van der Waals surface area contributed by atoms with Crippen LogP contribution in [-0.4, -0.2) is 28.1 Å². The number of nitrogens with one attached hydrogen (secondary N) is 1. The highest BCUT2D eigenvalue weighted by molar-refractivity contribution is 8.16. The zero-order valence-electron chi connectivity index (χ0n) is 14.7. The maximum absolute atomic E-state index is 12.3. The molecule has 134 valence electrons. The molecule has 1 saturated carbocycles. The molecule has 1 aliphatic carbocycles. The molecule has 0 atom stereocenters. The quantitative estimate of drug-likeness (QED) is 0.816. The van der Waals surface area contributed by atoms with Crippen molar-refractivity contribution in [3.63, 3.8) is 0 Å². The van der Waals surface area contributed by atoms with Gasteiger partial charge in [0, 0.05) is 5.69 Å². The first kappa shape index (κ1) is 17.5. The van der Waals surface area contributed by atoms with E-state index in [1.165, 1.54) is 30.2 Å². The molecule has 2 heterocycles. The van der Waals surface area contributed by atoms with E-state index in [-0.39, 0.29) is 11.6 Å². The van der Waals surface area contributed by atoms with Gasteiger partial charge >= 0.3 is 0 Å². The van der Waals surface area contributed by atoms with Crippen LogP contribution < -0.4 is 5.32 Å². The lowest BCUT2D eigenvalue weighted by Gasteiger charge is -2.14. The summed E-state index contributed by atoms with van der Waals surface area (Å²) in [7, 11) is 0. The summed E-state index contributed by atoms with van der Waals surface area (Å²) in [5.74, 6) is 0.326. The summed E-state index contributed by atoms with van der Waals surface area (Å²) in [6.45, 7) is 2.03. The van der Waals surface area contributed by atoms with Crippen LogP contribution in [0.3, 0.4) is 0 Å². The SMILES string of the molecule is Cc1ccc(NC(=O)CSC2=NC3(CCCC3)N=C2c2cccs2)cc1. The number of hydrogen-bond donors (Lipinski definition) is 1. The lowest BCUT2D eigenvalue weighted by molar-refractivity contribution is -0.113. The molecule has 2 aromatic rings.